The van der Waals surface area contributed by atoms with E-state index in [1.807, 2.05) is 37.3 Å². The molecule has 1 fully saturated rings. The zero-order chi connectivity index (χ0) is 23.0. The van der Waals surface area contributed by atoms with Gasteiger partial charge in [-0.25, -0.2) is 4.79 Å². The van der Waals surface area contributed by atoms with Gasteiger partial charge in [-0.1, -0.05) is 54.1 Å². The van der Waals surface area contributed by atoms with Crippen molar-refractivity contribution < 1.29 is 14.3 Å². The van der Waals surface area contributed by atoms with Gasteiger partial charge in [-0.15, -0.1) is 0 Å². The highest BCUT2D eigenvalue weighted by Crippen LogP contribution is 2.45. The van der Waals surface area contributed by atoms with Crippen molar-refractivity contribution in [3.63, 3.8) is 0 Å². The summed E-state index contributed by atoms with van der Waals surface area (Å²) in [5.41, 5.74) is 3.67. The fourth-order valence-corrected chi connectivity index (χ4v) is 4.68. The first-order chi connectivity index (χ1) is 15.9. The van der Waals surface area contributed by atoms with Crippen molar-refractivity contribution in [1.82, 2.24) is 10.6 Å². The molecule has 0 radical (unpaired) electrons. The number of carbonyl (C=O) groups excluding carboxylic acids is 2. The number of para-hydroxylation sites is 1. The van der Waals surface area contributed by atoms with Gasteiger partial charge in [-0.2, -0.15) is 0 Å². The Morgan fingerprint density at radius 2 is 1.91 bits per heavy atom. The number of benzene rings is 3. The van der Waals surface area contributed by atoms with E-state index in [9.17, 15) is 9.59 Å². The van der Waals surface area contributed by atoms with Crippen LogP contribution in [0.5, 0.6) is 5.75 Å². The highest BCUT2D eigenvalue weighted by molar-refractivity contribution is 5.99. The van der Waals surface area contributed by atoms with Crippen molar-refractivity contribution in [2.75, 3.05) is 11.4 Å². The van der Waals surface area contributed by atoms with Gasteiger partial charge in [0.15, 0.2) is 5.72 Å². The van der Waals surface area contributed by atoms with E-state index in [2.05, 4.69) is 41.8 Å². The third-order valence-corrected chi connectivity index (χ3v) is 6.37. The molecule has 2 unspecified atom stereocenters. The molecular weight excluding hydrogens is 414 g/mol. The number of urea groups is 1. The third-order valence-electron chi connectivity index (χ3n) is 6.37. The van der Waals surface area contributed by atoms with Crippen LogP contribution >= 0.6 is 0 Å². The Hall–Kier alpha value is -3.80. The van der Waals surface area contributed by atoms with E-state index in [1.54, 1.807) is 23.1 Å². The Labute approximate surface area is 193 Å². The number of amides is 3. The van der Waals surface area contributed by atoms with E-state index in [1.165, 1.54) is 11.1 Å². The first-order valence-electron chi connectivity index (χ1n) is 11.3. The molecule has 3 aromatic rings. The molecule has 5 rings (SSSR count). The minimum atomic E-state index is -0.845. The number of nitrogens with zero attached hydrogens (tertiary/aromatic N) is 1. The molecule has 168 valence electrons. The molecule has 2 aliphatic heterocycles. The standard InChI is InChI=1S/C27H27N3O3/c1-18-10-12-19(13-11-18)14-15-28-25(31)20-6-5-7-21(16-20)30-26(32)29-23-17-27(30,2)33-24-9-4-3-8-22(23)24/h3-13,16,23H,14-15,17H2,1-2H3,(H,28,31)(H,29,32). The second-order valence-corrected chi connectivity index (χ2v) is 8.90. The minimum absolute atomic E-state index is 0.100. The van der Waals surface area contributed by atoms with E-state index in [0.29, 0.717) is 24.2 Å². The summed E-state index contributed by atoms with van der Waals surface area (Å²) in [5.74, 6) is 0.602. The lowest BCUT2D eigenvalue weighted by Gasteiger charge is -2.50. The molecule has 2 N–H and O–H groups in total. The van der Waals surface area contributed by atoms with Crippen LogP contribution in [-0.2, 0) is 6.42 Å². The average Bonchev–Trinajstić information content (AvgIpc) is 2.80. The largest absolute Gasteiger partial charge is 0.467 e. The van der Waals surface area contributed by atoms with Gasteiger partial charge < -0.3 is 15.4 Å². The van der Waals surface area contributed by atoms with Crippen LogP contribution in [0.25, 0.3) is 0 Å². The van der Waals surface area contributed by atoms with E-state index < -0.39 is 5.72 Å². The molecule has 0 spiro atoms. The summed E-state index contributed by atoms with van der Waals surface area (Å²) in [6, 6.07) is 22.9. The van der Waals surface area contributed by atoms with E-state index in [4.69, 9.17) is 4.74 Å². The van der Waals surface area contributed by atoms with Crippen molar-refractivity contribution >= 4 is 17.6 Å². The number of nitrogens with one attached hydrogen (secondary N) is 2. The van der Waals surface area contributed by atoms with Gasteiger partial charge in [0.1, 0.15) is 5.75 Å². The highest BCUT2D eigenvalue weighted by Gasteiger charge is 2.49. The molecule has 0 aliphatic carbocycles. The monoisotopic (exact) mass is 441 g/mol. The van der Waals surface area contributed by atoms with Gasteiger partial charge in [0.05, 0.1) is 11.7 Å². The predicted octanol–water partition coefficient (Wildman–Crippen LogP) is 4.74. The summed E-state index contributed by atoms with van der Waals surface area (Å²) < 4.78 is 6.31. The lowest BCUT2D eigenvalue weighted by Crippen LogP contribution is -2.65. The lowest BCUT2D eigenvalue weighted by atomic mass is 9.90. The lowest BCUT2D eigenvalue weighted by molar-refractivity contribution is 0.0378. The quantitative estimate of drug-likeness (QED) is 0.601. The fourth-order valence-electron chi connectivity index (χ4n) is 4.68. The summed E-state index contributed by atoms with van der Waals surface area (Å²) in [6.45, 7) is 4.51. The van der Waals surface area contributed by atoms with Crippen molar-refractivity contribution in [3.05, 3.63) is 95.1 Å². The van der Waals surface area contributed by atoms with Gasteiger partial charge in [-0.05, 0) is 50.1 Å². The maximum atomic E-state index is 13.1. The van der Waals surface area contributed by atoms with E-state index in [-0.39, 0.29) is 18.0 Å². The van der Waals surface area contributed by atoms with Crippen LogP contribution in [0.1, 0.15) is 46.4 Å². The molecule has 2 aliphatic rings. The zero-order valence-corrected chi connectivity index (χ0v) is 18.8. The van der Waals surface area contributed by atoms with Crippen molar-refractivity contribution in [2.45, 2.75) is 38.5 Å². The number of fused-ring (bicyclic) bond motifs is 4. The van der Waals surface area contributed by atoms with Crippen LogP contribution in [0.4, 0.5) is 10.5 Å². The highest BCUT2D eigenvalue weighted by atomic mass is 16.5. The molecule has 0 aromatic heterocycles. The Kier molecular flexibility index (Phi) is 5.29. The molecular formula is C27H27N3O3. The van der Waals surface area contributed by atoms with Crippen LogP contribution in [0.15, 0.2) is 72.8 Å². The first kappa shape index (κ1) is 21.1. The van der Waals surface area contributed by atoms with E-state index in [0.717, 1.165) is 17.7 Å². The van der Waals surface area contributed by atoms with Gasteiger partial charge >= 0.3 is 6.03 Å². The number of rotatable bonds is 5. The Bertz CT molecular complexity index is 1210. The second kappa shape index (κ2) is 8.28. The number of hydrogen-bond acceptors (Lipinski definition) is 3. The smallest absolute Gasteiger partial charge is 0.325 e. The van der Waals surface area contributed by atoms with E-state index >= 15 is 0 Å². The summed E-state index contributed by atoms with van der Waals surface area (Å²) in [6.07, 6.45) is 1.37. The summed E-state index contributed by atoms with van der Waals surface area (Å²) in [7, 11) is 0. The van der Waals surface area contributed by atoms with Crippen molar-refractivity contribution in [2.24, 2.45) is 0 Å². The zero-order valence-electron chi connectivity index (χ0n) is 18.8. The SMILES string of the molecule is Cc1ccc(CCNC(=O)c2cccc(N3C(=O)NC4CC3(C)Oc3ccccc34)c2)cc1. The van der Waals surface area contributed by atoms with Crippen molar-refractivity contribution in [3.8, 4) is 5.75 Å². The number of ether oxygens (including phenoxy) is 1. The number of carbonyl (C=O) groups is 2. The van der Waals surface area contributed by atoms with Gasteiger partial charge in [-0.3, -0.25) is 9.69 Å². The predicted molar refractivity (Wildman–Crippen MR) is 128 cm³/mol. The van der Waals surface area contributed by atoms with Crippen LogP contribution in [0.2, 0.25) is 0 Å². The first-order valence-corrected chi connectivity index (χ1v) is 11.3. The fraction of sp³-hybridized carbons (Fsp3) is 0.259. The Morgan fingerprint density at radius 1 is 1.12 bits per heavy atom. The van der Waals surface area contributed by atoms with Crippen molar-refractivity contribution in [1.29, 1.82) is 0 Å². The summed E-state index contributed by atoms with van der Waals surface area (Å²) in [4.78, 5) is 27.5. The minimum Gasteiger partial charge on any atom is -0.467 e. The van der Waals surface area contributed by atoms with Crippen LogP contribution < -0.4 is 20.3 Å². The summed E-state index contributed by atoms with van der Waals surface area (Å²) in [5, 5.41) is 6.07. The molecule has 6 heteroatoms. The molecule has 3 amide bonds. The maximum absolute atomic E-state index is 13.1. The molecule has 2 bridgehead atoms. The number of anilines is 1. The third kappa shape index (κ3) is 4.04. The molecule has 3 aromatic carbocycles. The van der Waals surface area contributed by atoms with Gasteiger partial charge in [0, 0.05) is 24.1 Å². The van der Waals surface area contributed by atoms with Crippen LogP contribution in [-0.4, -0.2) is 24.2 Å². The molecule has 1 saturated heterocycles. The maximum Gasteiger partial charge on any atom is 0.325 e. The van der Waals surface area contributed by atoms with Crippen LogP contribution in [0, 0.1) is 6.92 Å². The Morgan fingerprint density at radius 3 is 2.73 bits per heavy atom. The topological polar surface area (TPSA) is 70.7 Å². The normalized spacial score (nSPS) is 21.0. The molecule has 33 heavy (non-hydrogen) atoms. The second-order valence-electron chi connectivity index (χ2n) is 8.90. The van der Waals surface area contributed by atoms with Gasteiger partial charge in [0.2, 0.25) is 0 Å². The van der Waals surface area contributed by atoms with Gasteiger partial charge in [0.25, 0.3) is 5.91 Å². The molecule has 0 saturated carbocycles. The molecule has 6 nitrogen and oxygen atoms in total. The number of aryl methyl sites for hydroxylation is 1. The molecule has 2 atom stereocenters. The average molecular weight is 442 g/mol. The Balaban J connectivity index is 1.33. The number of hydrogen-bond donors (Lipinski definition) is 2. The molecule has 2 heterocycles. The van der Waals surface area contributed by atoms with Crippen LogP contribution in [0.3, 0.4) is 0 Å². The summed E-state index contributed by atoms with van der Waals surface area (Å²) >= 11 is 0.